The molecule has 0 radical (unpaired) electrons. The highest BCUT2D eigenvalue weighted by Crippen LogP contribution is 2.26. The van der Waals surface area contributed by atoms with Gasteiger partial charge in [0.05, 0.1) is 24.3 Å². The minimum atomic E-state index is -0.364. The molecule has 2 aromatic carbocycles. The highest BCUT2D eigenvalue weighted by Gasteiger charge is 2.35. The lowest BCUT2D eigenvalue weighted by atomic mass is 10.1. The quantitative estimate of drug-likeness (QED) is 0.452. The molecule has 156 valence electrons. The fourth-order valence-electron chi connectivity index (χ4n) is 3.05. The van der Waals surface area contributed by atoms with Crippen LogP contribution in [-0.2, 0) is 11.3 Å². The molecular weight excluding hydrogens is 416 g/mol. The van der Waals surface area contributed by atoms with Crippen molar-refractivity contribution in [2.45, 2.75) is 13.5 Å². The van der Waals surface area contributed by atoms with Gasteiger partial charge >= 0.3 is 0 Å². The molecule has 0 atom stereocenters. The van der Waals surface area contributed by atoms with Gasteiger partial charge in [-0.05, 0) is 42.8 Å². The number of ether oxygens (including phenoxy) is 1. The highest BCUT2D eigenvalue weighted by molar-refractivity contribution is 7.15. The number of hydrogen-bond donors (Lipinski definition) is 1. The van der Waals surface area contributed by atoms with Crippen LogP contribution in [0, 0.1) is 0 Å². The van der Waals surface area contributed by atoms with Gasteiger partial charge in [0.2, 0.25) is 11.0 Å². The largest absolute Gasteiger partial charge is 0.494 e. The lowest BCUT2D eigenvalue weighted by molar-refractivity contribution is -0.111. The summed E-state index contributed by atoms with van der Waals surface area (Å²) in [6.07, 6.45) is 3.06. The summed E-state index contributed by atoms with van der Waals surface area (Å²) >= 11 is 1.11. The highest BCUT2D eigenvalue weighted by atomic mass is 32.1. The van der Waals surface area contributed by atoms with Gasteiger partial charge in [0, 0.05) is 6.08 Å². The Hall–Kier alpha value is -3.85. The first-order valence-electron chi connectivity index (χ1n) is 9.54. The number of fused-ring (bicyclic) bond motifs is 1. The fraction of sp³-hybridized carbons (Fsp3) is 0.136. The van der Waals surface area contributed by atoms with Crippen LogP contribution in [0.15, 0.2) is 54.6 Å². The zero-order valence-electron chi connectivity index (χ0n) is 16.6. The maximum atomic E-state index is 12.4. The summed E-state index contributed by atoms with van der Waals surface area (Å²) in [7, 11) is 0. The third kappa shape index (κ3) is 4.51. The van der Waals surface area contributed by atoms with Gasteiger partial charge in [-0.15, -0.1) is 10.2 Å². The first-order chi connectivity index (χ1) is 15.0. The summed E-state index contributed by atoms with van der Waals surface area (Å²) < 4.78 is 5.38. The Morgan fingerprint density at radius 3 is 2.39 bits per heavy atom. The number of benzene rings is 2. The Bertz CT molecular complexity index is 1140. The van der Waals surface area contributed by atoms with E-state index < -0.39 is 0 Å². The van der Waals surface area contributed by atoms with Gasteiger partial charge < -0.3 is 4.74 Å². The Morgan fingerprint density at radius 2 is 1.74 bits per heavy atom. The summed E-state index contributed by atoms with van der Waals surface area (Å²) in [4.78, 5) is 38.2. The van der Waals surface area contributed by atoms with Gasteiger partial charge in [-0.2, -0.15) is 0 Å². The van der Waals surface area contributed by atoms with E-state index in [0.717, 1.165) is 27.5 Å². The van der Waals surface area contributed by atoms with Gasteiger partial charge in [0.15, 0.2) is 0 Å². The van der Waals surface area contributed by atoms with Gasteiger partial charge in [0.1, 0.15) is 10.8 Å². The normalized spacial score (nSPS) is 13.0. The van der Waals surface area contributed by atoms with Crippen molar-refractivity contribution in [2.24, 2.45) is 0 Å². The molecule has 0 bridgehead atoms. The van der Waals surface area contributed by atoms with Crippen LogP contribution in [0.2, 0.25) is 0 Å². The SMILES string of the molecule is CCOc1ccc(/C=C/C(=O)Nc2nnc(CN3C(=O)c4ccccc4C3=O)s2)cc1. The summed E-state index contributed by atoms with van der Waals surface area (Å²) in [5.74, 6) is -0.319. The van der Waals surface area contributed by atoms with Gasteiger partial charge in [-0.25, -0.2) is 0 Å². The zero-order valence-corrected chi connectivity index (χ0v) is 17.4. The average molecular weight is 434 g/mol. The van der Waals surface area contributed by atoms with E-state index in [2.05, 4.69) is 15.5 Å². The molecule has 0 aliphatic carbocycles. The molecule has 4 rings (SSSR count). The molecule has 8 nitrogen and oxygen atoms in total. The second-order valence-corrected chi connectivity index (χ2v) is 7.63. The number of hydrogen-bond acceptors (Lipinski definition) is 7. The van der Waals surface area contributed by atoms with Crippen molar-refractivity contribution in [3.05, 3.63) is 76.3 Å². The molecule has 0 unspecified atom stereocenters. The van der Waals surface area contributed by atoms with Crippen molar-refractivity contribution in [1.82, 2.24) is 15.1 Å². The molecule has 3 amide bonds. The molecule has 0 spiro atoms. The van der Waals surface area contributed by atoms with Crippen LogP contribution < -0.4 is 10.1 Å². The molecule has 1 aliphatic rings. The molecule has 31 heavy (non-hydrogen) atoms. The van der Waals surface area contributed by atoms with Crippen molar-refractivity contribution in [3.63, 3.8) is 0 Å². The number of rotatable bonds is 7. The van der Waals surface area contributed by atoms with E-state index in [1.165, 1.54) is 6.08 Å². The molecule has 9 heteroatoms. The lowest BCUT2D eigenvalue weighted by Crippen LogP contribution is -2.29. The molecule has 0 fully saturated rings. The second kappa shape index (κ2) is 8.88. The minimum Gasteiger partial charge on any atom is -0.494 e. The van der Waals surface area contributed by atoms with Crippen LogP contribution in [-0.4, -0.2) is 39.4 Å². The number of carbonyl (C=O) groups is 3. The molecule has 2 heterocycles. The van der Waals surface area contributed by atoms with Gasteiger partial charge in [0.25, 0.3) is 11.8 Å². The predicted octanol–water partition coefficient (Wildman–Crippen LogP) is 3.38. The number of nitrogens with one attached hydrogen (secondary N) is 1. The van der Waals surface area contributed by atoms with Crippen LogP contribution in [0.3, 0.4) is 0 Å². The molecule has 1 aromatic heterocycles. The summed E-state index contributed by atoms with van der Waals surface area (Å²) in [6, 6.07) is 14.0. The summed E-state index contributed by atoms with van der Waals surface area (Å²) in [6.45, 7) is 2.51. The average Bonchev–Trinajstić information content (AvgIpc) is 3.32. The summed E-state index contributed by atoms with van der Waals surface area (Å²) in [5, 5.41) is 11.3. The van der Waals surface area contributed by atoms with E-state index in [9.17, 15) is 14.4 Å². The van der Waals surface area contributed by atoms with Crippen LogP contribution >= 0.6 is 11.3 Å². The Morgan fingerprint density at radius 1 is 1.06 bits per heavy atom. The van der Waals surface area contributed by atoms with E-state index in [0.29, 0.717) is 22.7 Å². The van der Waals surface area contributed by atoms with E-state index in [1.807, 2.05) is 31.2 Å². The third-order valence-corrected chi connectivity index (χ3v) is 5.31. The van der Waals surface area contributed by atoms with Crippen molar-refractivity contribution in [1.29, 1.82) is 0 Å². The number of carbonyl (C=O) groups excluding carboxylic acids is 3. The van der Waals surface area contributed by atoms with Gasteiger partial charge in [-0.3, -0.25) is 24.6 Å². The topological polar surface area (TPSA) is 101 Å². The molecule has 0 saturated carbocycles. The maximum Gasteiger partial charge on any atom is 0.261 e. The number of nitrogens with zero attached hydrogens (tertiary/aromatic N) is 3. The second-order valence-electron chi connectivity index (χ2n) is 6.57. The van der Waals surface area contributed by atoms with E-state index >= 15 is 0 Å². The number of anilines is 1. The number of imide groups is 1. The van der Waals surface area contributed by atoms with Crippen molar-refractivity contribution in [3.8, 4) is 5.75 Å². The van der Waals surface area contributed by atoms with Crippen LogP contribution in [0.4, 0.5) is 5.13 Å². The molecule has 0 saturated heterocycles. The van der Waals surface area contributed by atoms with Crippen LogP contribution in [0.1, 0.15) is 38.2 Å². The van der Waals surface area contributed by atoms with E-state index in [1.54, 1.807) is 30.3 Å². The molecule has 1 aliphatic heterocycles. The zero-order chi connectivity index (χ0) is 21.8. The molecular formula is C22H18N4O4S. The Labute approximate surface area is 182 Å². The van der Waals surface area contributed by atoms with Gasteiger partial charge in [-0.1, -0.05) is 35.6 Å². The first-order valence-corrected chi connectivity index (χ1v) is 10.4. The minimum absolute atomic E-state index is 0.00189. The summed E-state index contributed by atoms with van der Waals surface area (Å²) in [5.41, 5.74) is 1.61. The molecule has 3 aromatic rings. The maximum absolute atomic E-state index is 12.4. The third-order valence-electron chi connectivity index (χ3n) is 4.49. The standard InChI is InChI=1S/C22H18N4O4S/c1-2-30-15-10-7-14(8-11-15)9-12-18(27)23-22-25-24-19(31-22)13-26-20(28)16-5-3-4-6-17(16)21(26)29/h3-12H,2,13H2,1H3,(H,23,25,27)/b12-9+. The van der Waals surface area contributed by atoms with Crippen LogP contribution in [0.25, 0.3) is 6.08 Å². The number of amides is 3. The monoisotopic (exact) mass is 434 g/mol. The molecule has 1 N–H and O–H groups in total. The Balaban J connectivity index is 1.35. The van der Waals surface area contributed by atoms with E-state index in [4.69, 9.17) is 4.74 Å². The Kier molecular flexibility index (Phi) is 5.85. The van der Waals surface area contributed by atoms with Crippen molar-refractivity contribution < 1.29 is 19.1 Å². The van der Waals surface area contributed by atoms with Crippen molar-refractivity contribution >= 4 is 40.3 Å². The van der Waals surface area contributed by atoms with Crippen molar-refractivity contribution in [2.75, 3.05) is 11.9 Å². The predicted molar refractivity (Wildman–Crippen MR) is 116 cm³/mol. The smallest absolute Gasteiger partial charge is 0.261 e. The van der Waals surface area contributed by atoms with Crippen LogP contribution in [0.5, 0.6) is 5.75 Å². The lowest BCUT2D eigenvalue weighted by Gasteiger charge is -2.10. The number of aromatic nitrogens is 2. The fourth-order valence-corrected chi connectivity index (χ4v) is 3.78. The van der Waals surface area contributed by atoms with E-state index in [-0.39, 0.29) is 29.4 Å². The first kappa shape index (κ1) is 20.4.